The maximum Gasteiger partial charge on any atom is 0.336 e. The molecule has 3 amide bonds. The number of benzene rings is 1. The molecule has 1 aromatic carbocycles. The van der Waals surface area contributed by atoms with Crippen LogP contribution in [0.4, 0.5) is 4.79 Å². The number of amides is 3. The quantitative estimate of drug-likeness (QED) is 0.731. The summed E-state index contributed by atoms with van der Waals surface area (Å²) in [7, 11) is 3.43. The summed E-state index contributed by atoms with van der Waals surface area (Å²) < 4.78 is 11.2. The zero-order valence-electron chi connectivity index (χ0n) is 17.4. The Kier molecular flexibility index (Phi) is 6.10. The fourth-order valence-corrected chi connectivity index (χ4v) is 3.52. The van der Waals surface area contributed by atoms with Gasteiger partial charge in [-0.2, -0.15) is 0 Å². The van der Waals surface area contributed by atoms with Gasteiger partial charge in [-0.05, 0) is 36.6 Å². The number of aryl methyl sites for hydroxylation is 2. The summed E-state index contributed by atoms with van der Waals surface area (Å²) >= 11 is 0. The highest BCUT2D eigenvalue weighted by Crippen LogP contribution is 2.30. The minimum absolute atomic E-state index is 0.0480. The number of hydrogen-bond donors (Lipinski definition) is 0. The molecule has 8 heteroatoms. The van der Waals surface area contributed by atoms with Crippen molar-refractivity contribution in [3.8, 4) is 5.75 Å². The molecular formula is C21H27N3O5. The zero-order chi connectivity index (χ0) is 21.1. The van der Waals surface area contributed by atoms with Gasteiger partial charge in [-0.25, -0.2) is 9.59 Å². The van der Waals surface area contributed by atoms with Crippen molar-refractivity contribution < 1.29 is 18.7 Å². The Morgan fingerprint density at radius 2 is 1.76 bits per heavy atom. The number of nitrogens with zero attached hydrogens (tertiary/aromatic N) is 3. The van der Waals surface area contributed by atoms with Crippen LogP contribution in [-0.4, -0.2) is 73.5 Å². The summed E-state index contributed by atoms with van der Waals surface area (Å²) in [5.74, 6) is 0.405. The van der Waals surface area contributed by atoms with Gasteiger partial charge in [0.1, 0.15) is 11.3 Å². The van der Waals surface area contributed by atoms with Crippen LogP contribution in [0, 0.1) is 6.92 Å². The third-order valence-corrected chi connectivity index (χ3v) is 5.05. The summed E-state index contributed by atoms with van der Waals surface area (Å²) in [6.07, 6.45) is 0.650. The predicted octanol–water partition coefficient (Wildman–Crippen LogP) is 1.87. The Bertz CT molecular complexity index is 974. The number of rotatable bonds is 4. The highest BCUT2D eigenvalue weighted by atomic mass is 16.5. The van der Waals surface area contributed by atoms with E-state index in [-0.39, 0.29) is 18.5 Å². The highest BCUT2D eigenvalue weighted by Gasteiger charge is 2.25. The normalized spacial score (nSPS) is 14.2. The largest absolute Gasteiger partial charge is 0.483 e. The summed E-state index contributed by atoms with van der Waals surface area (Å²) in [5, 5.41) is 0.729. The molecule has 2 heterocycles. The monoisotopic (exact) mass is 401 g/mol. The number of carbonyl (C=O) groups excluding carboxylic acids is 2. The van der Waals surface area contributed by atoms with E-state index < -0.39 is 5.63 Å². The number of fused-ring (bicyclic) bond motifs is 1. The molecule has 1 aliphatic rings. The molecule has 0 aliphatic carbocycles. The predicted molar refractivity (Wildman–Crippen MR) is 109 cm³/mol. The van der Waals surface area contributed by atoms with Gasteiger partial charge in [0, 0.05) is 46.3 Å². The molecule has 3 rings (SSSR count). The Morgan fingerprint density at radius 1 is 1.10 bits per heavy atom. The van der Waals surface area contributed by atoms with E-state index in [1.54, 1.807) is 30.0 Å². The molecule has 156 valence electrons. The fourth-order valence-electron chi connectivity index (χ4n) is 3.52. The van der Waals surface area contributed by atoms with E-state index >= 15 is 0 Å². The molecule has 1 aromatic heterocycles. The standard InChI is InChI=1S/C21H27N3O5/c1-5-15-12-19(26)29-17-11-14(2)10-16(20(15)17)28-13-18(25)23-6-8-24(9-7-23)21(27)22(3)4/h10-12H,5-9,13H2,1-4H3. The Balaban J connectivity index is 1.70. The fraction of sp³-hybridized carbons (Fsp3) is 0.476. The van der Waals surface area contributed by atoms with Crippen molar-refractivity contribution in [3.05, 3.63) is 39.7 Å². The summed E-state index contributed by atoms with van der Waals surface area (Å²) in [5.41, 5.74) is 1.78. The van der Waals surface area contributed by atoms with Gasteiger partial charge in [0.05, 0.1) is 5.39 Å². The Hall–Kier alpha value is -3.03. The molecule has 1 saturated heterocycles. The van der Waals surface area contributed by atoms with Crippen LogP contribution in [0.2, 0.25) is 0 Å². The van der Waals surface area contributed by atoms with E-state index in [1.807, 2.05) is 19.9 Å². The lowest BCUT2D eigenvalue weighted by atomic mass is 10.1. The first-order chi connectivity index (χ1) is 13.8. The van der Waals surface area contributed by atoms with Crippen LogP contribution in [0.5, 0.6) is 5.75 Å². The van der Waals surface area contributed by atoms with Crippen LogP contribution in [-0.2, 0) is 11.2 Å². The number of piperazine rings is 1. The number of hydrogen-bond acceptors (Lipinski definition) is 5. The topological polar surface area (TPSA) is 83.3 Å². The van der Waals surface area contributed by atoms with Crippen molar-refractivity contribution in [1.82, 2.24) is 14.7 Å². The number of carbonyl (C=O) groups is 2. The van der Waals surface area contributed by atoms with Gasteiger partial charge in [0.2, 0.25) is 0 Å². The first-order valence-electron chi connectivity index (χ1n) is 9.74. The van der Waals surface area contributed by atoms with Gasteiger partial charge < -0.3 is 23.9 Å². The summed E-state index contributed by atoms with van der Waals surface area (Å²) in [6, 6.07) is 5.06. The van der Waals surface area contributed by atoms with E-state index in [0.717, 1.165) is 16.5 Å². The second-order valence-corrected chi connectivity index (χ2v) is 7.41. The average Bonchev–Trinajstić information content (AvgIpc) is 2.70. The molecule has 2 aromatic rings. The molecule has 8 nitrogen and oxygen atoms in total. The minimum Gasteiger partial charge on any atom is -0.483 e. The maximum atomic E-state index is 12.6. The van der Waals surface area contributed by atoms with Crippen LogP contribution >= 0.6 is 0 Å². The molecule has 1 aliphatic heterocycles. The zero-order valence-corrected chi connectivity index (χ0v) is 17.4. The lowest BCUT2D eigenvalue weighted by Gasteiger charge is -2.35. The second kappa shape index (κ2) is 8.55. The molecule has 0 unspecified atom stereocenters. The molecule has 0 atom stereocenters. The second-order valence-electron chi connectivity index (χ2n) is 7.41. The number of urea groups is 1. The molecule has 0 saturated carbocycles. The maximum absolute atomic E-state index is 12.6. The average molecular weight is 401 g/mol. The Morgan fingerprint density at radius 3 is 2.38 bits per heavy atom. The van der Waals surface area contributed by atoms with Crippen LogP contribution < -0.4 is 10.4 Å². The van der Waals surface area contributed by atoms with Crippen molar-refractivity contribution in [1.29, 1.82) is 0 Å². The molecule has 1 fully saturated rings. The first-order valence-corrected chi connectivity index (χ1v) is 9.74. The third-order valence-electron chi connectivity index (χ3n) is 5.05. The van der Waals surface area contributed by atoms with Crippen molar-refractivity contribution in [2.24, 2.45) is 0 Å². The van der Waals surface area contributed by atoms with Crippen LogP contribution in [0.1, 0.15) is 18.1 Å². The lowest BCUT2D eigenvalue weighted by molar-refractivity contribution is -0.134. The van der Waals surface area contributed by atoms with Crippen molar-refractivity contribution in [2.45, 2.75) is 20.3 Å². The van der Waals surface area contributed by atoms with E-state index in [9.17, 15) is 14.4 Å². The Labute approximate surface area is 169 Å². The molecule has 29 heavy (non-hydrogen) atoms. The minimum atomic E-state index is -0.396. The lowest BCUT2D eigenvalue weighted by Crippen LogP contribution is -2.53. The van der Waals surface area contributed by atoms with Gasteiger partial charge in [0.15, 0.2) is 6.61 Å². The highest BCUT2D eigenvalue weighted by molar-refractivity contribution is 5.88. The van der Waals surface area contributed by atoms with Gasteiger partial charge in [-0.1, -0.05) is 6.92 Å². The van der Waals surface area contributed by atoms with E-state index in [1.165, 1.54) is 11.0 Å². The molecule has 0 radical (unpaired) electrons. The van der Waals surface area contributed by atoms with Crippen LogP contribution in [0.15, 0.2) is 27.4 Å². The molecule has 0 spiro atoms. The van der Waals surface area contributed by atoms with Crippen LogP contribution in [0.3, 0.4) is 0 Å². The smallest absolute Gasteiger partial charge is 0.336 e. The van der Waals surface area contributed by atoms with E-state index in [0.29, 0.717) is 43.9 Å². The van der Waals surface area contributed by atoms with Gasteiger partial charge in [0.25, 0.3) is 5.91 Å². The number of ether oxygens (including phenoxy) is 1. The van der Waals surface area contributed by atoms with Gasteiger partial charge in [-0.3, -0.25) is 4.79 Å². The van der Waals surface area contributed by atoms with Crippen LogP contribution in [0.25, 0.3) is 11.0 Å². The summed E-state index contributed by atoms with van der Waals surface area (Å²) in [6.45, 7) is 5.69. The van der Waals surface area contributed by atoms with Gasteiger partial charge in [-0.15, -0.1) is 0 Å². The first kappa shape index (κ1) is 20.7. The summed E-state index contributed by atoms with van der Waals surface area (Å²) in [4.78, 5) is 41.4. The molecule has 0 bridgehead atoms. The van der Waals surface area contributed by atoms with E-state index in [4.69, 9.17) is 9.15 Å². The van der Waals surface area contributed by atoms with Crippen molar-refractivity contribution in [3.63, 3.8) is 0 Å². The van der Waals surface area contributed by atoms with Gasteiger partial charge >= 0.3 is 11.7 Å². The molecule has 0 N–H and O–H groups in total. The van der Waals surface area contributed by atoms with Crippen molar-refractivity contribution in [2.75, 3.05) is 46.9 Å². The SMILES string of the molecule is CCc1cc(=O)oc2cc(C)cc(OCC(=O)N3CCN(C(=O)N(C)C)CC3)c12. The van der Waals surface area contributed by atoms with Crippen molar-refractivity contribution >= 4 is 22.9 Å². The molecular weight excluding hydrogens is 374 g/mol. The van der Waals surface area contributed by atoms with E-state index in [2.05, 4.69) is 0 Å². The third kappa shape index (κ3) is 4.52.